The minimum atomic E-state index is -0.300. The smallest absolute Gasteiger partial charge is 0.262 e. The summed E-state index contributed by atoms with van der Waals surface area (Å²) in [6, 6.07) is 13.8. The first kappa shape index (κ1) is 15.1. The molecule has 0 aliphatic rings. The summed E-state index contributed by atoms with van der Waals surface area (Å²) >= 11 is 5.98. The summed E-state index contributed by atoms with van der Waals surface area (Å²) < 4.78 is 5.33. The summed E-state index contributed by atoms with van der Waals surface area (Å²) in [6.07, 6.45) is 0. The molecule has 0 radical (unpaired) electrons. The second kappa shape index (κ2) is 6.90. The van der Waals surface area contributed by atoms with Crippen LogP contribution in [0.4, 0.5) is 5.69 Å². The number of Topliss-reactive ketones (excluding diaryl/α,β-unsaturated/α-hetero) is 1. The maximum absolute atomic E-state index is 11.8. The van der Waals surface area contributed by atoms with Crippen LogP contribution in [0.2, 0.25) is 5.02 Å². The first-order valence-corrected chi connectivity index (χ1v) is 6.72. The van der Waals surface area contributed by atoms with Gasteiger partial charge in [-0.05, 0) is 37.3 Å². The van der Waals surface area contributed by atoms with Crippen molar-refractivity contribution in [3.63, 3.8) is 0 Å². The highest BCUT2D eigenvalue weighted by atomic mass is 35.5. The topological polar surface area (TPSA) is 55.4 Å². The number of carbonyl (C=O) groups is 2. The Bertz CT molecular complexity index is 656. The van der Waals surface area contributed by atoms with Crippen molar-refractivity contribution in [2.24, 2.45) is 0 Å². The standard InChI is InChI=1S/C16H14ClNO3/c1-11(19)14-8-7-12(9-15(14)17)18-16(20)10-21-13-5-3-2-4-6-13/h2-9H,10H2,1H3,(H,18,20). The van der Waals surface area contributed by atoms with Crippen molar-refractivity contribution in [3.8, 4) is 5.75 Å². The van der Waals surface area contributed by atoms with E-state index in [0.717, 1.165) is 0 Å². The summed E-state index contributed by atoms with van der Waals surface area (Å²) in [7, 11) is 0. The Hall–Kier alpha value is -2.33. The van der Waals surface area contributed by atoms with E-state index in [9.17, 15) is 9.59 Å². The van der Waals surface area contributed by atoms with Gasteiger partial charge in [-0.25, -0.2) is 0 Å². The molecule has 0 aliphatic carbocycles. The van der Waals surface area contributed by atoms with Gasteiger partial charge in [-0.15, -0.1) is 0 Å². The van der Waals surface area contributed by atoms with E-state index in [2.05, 4.69) is 5.32 Å². The summed E-state index contributed by atoms with van der Waals surface area (Å²) in [6.45, 7) is 1.34. The van der Waals surface area contributed by atoms with Crippen LogP contribution in [-0.2, 0) is 4.79 Å². The Balaban J connectivity index is 1.94. The van der Waals surface area contributed by atoms with Crippen LogP contribution >= 0.6 is 11.6 Å². The summed E-state index contributed by atoms with van der Waals surface area (Å²) in [5, 5.41) is 2.97. The van der Waals surface area contributed by atoms with E-state index in [-0.39, 0.29) is 18.3 Å². The molecule has 0 unspecified atom stereocenters. The summed E-state index contributed by atoms with van der Waals surface area (Å²) in [5.74, 6) is 0.202. The van der Waals surface area contributed by atoms with Crippen molar-refractivity contribution in [2.45, 2.75) is 6.92 Å². The van der Waals surface area contributed by atoms with Crippen LogP contribution in [-0.4, -0.2) is 18.3 Å². The highest BCUT2D eigenvalue weighted by molar-refractivity contribution is 6.34. The van der Waals surface area contributed by atoms with Gasteiger partial charge in [0.15, 0.2) is 12.4 Å². The van der Waals surface area contributed by atoms with Gasteiger partial charge in [-0.3, -0.25) is 9.59 Å². The Kier molecular flexibility index (Phi) is 4.95. The van der Waals surface area contributed by atoms with E-state index in [1.807, 2.05) is 18.2 Å². The van der Waals surface area contributed by atoms with E-state index in [1.165, 1.54) is 6.92 Å². The van der Waals surface area contributed by atoms with Gasteiger partial charge < -0.3 is 10.1 Å². The van der Waals surface area contributed by atoms with Crippen molar-refractivity contribution in [3.05, 3.63) is 59.1 Å². The predicted molar refractivity (Wildman–Crippen MR) is 82.0 cm³/mol. The highest BCUT2D eigenvalue weighted by Gasteiger charge is 2.08. The molecule has 108 valence electrons. The average molecular weight is 304 g/mol. The lowest BCUT2D eigenvalue weighted by molar-refractivity contribution is -0.118. The fourth-order valence-electron chi connectivity index (χ4n) is 1.74. The zero-order valence-corrected chi connectivity index (χ0v) is 12.2. The lowest BCUT2D eigenvalue weighted by Gasteiger charge is -2.08. The first-order valence-electron chi connectivity index (χ1n) is 6.34. The largest absolute Gasteiger partial charge is 0.484 e. The van der Waals surface area contributed by atoms with Gasteiger partial charge in [0.05, 0.1) is 5.02 Å². The number of anilines is 1. The molecular weight excluding hydrogens is 290 g/mol. The van der Waals surface area contributed by atoms with E-state index in [4.69, 9.17) is 16.3 Å². The molecule has 2 rings (SSSR count). The number of benzene rings is 2. The number of ketones is 1. The molecule has 0 aliphatic heterocycles. The number of para-hydroxylation sites is 1. The quantitative estimate of drug-likeness (QED) is 0.859. The molecule has 21 heavy (non-hydrogen) atoms. The fourth-order valence-corrected chi connectivity index (χ4v) is 2.05. The number of amides is 1. The van der Waals surface area contributed by atoms with Crippen molar-refractivity contribution in [1.82, 2.24) is 0 Å². The number of hydrogen-bond acceptors (Lipinski definition) is 3. The molecule has 0 saturated heterocycles. The molecule has 5 heteroatoms. The van der Waals surface area contributed by atoms with E-state index in [1.54, 1.807) is 30.3 Å². The number of nitrogens with one attached hydrogen (secondary N) is 1. The normalized spacial score (nSPS) is 10.0. The van der Waals surface area contributed by atoms with E-state index < -0.39 is 0 Å². The number of rotatable bonds is 5. The van der Waals surface area contributed by atoms with Crippen LogP contribution in [0.3, 0.4) is 0 Å². The second-order valence-corrected chi connectivity index (χ2v) is 4.81. The molecule has 0 bridgehead atoms. The lowest BCUT2D eigenvalue weighted by Crippen LogP contribution is -2.20. The van der Waals surface area contributed by atoms with Crippen LogP contribution < -0.4 is 10.1 Å². The van der Waals surface area contributed by atoms with Gasteiger partial charge in [0, 0.05) is 11.3 Å². The zero-order valence-electron chi connectivity index (χ0n) is 11.4. The van der Waals surface area contributed by atoms with Crippen LogP contribution in [0, 0.1) is 0 Å². The van der Waals surface area contributed by atoms with Gasteiger partial charge >= 0.3 is 0 Å². The van der Waals surface area contributed by atoms with Crippen molar-refractivity contribution < 1.29 is 14.3 Å². The number of hydrogen-bond donors (Lipinski definition) is 1. The summed E-state index contributed by atoms with van der Waals surface area (Å²) in [5.41, 5.74) is 0.946. The molecule has 1 amide bonds. The van der Waals surface area contributed by atoms with Crippen molar-refractivity contribution in [2.75, 3.05) is 11.9 Å². The molecule has 0 fully saturated rings. The first-order chi connectivity index (χ1) is 10.1. The van der Waals surface area contributed by atoms with Gasteiger partial charge in [0.1, 0.15) is 5.75 Å². The van der Waals surface area contributed by atoms with Crippen molar-refractivity contribution in [1.29, 1.82) is 0 Å². The highest BCUT2D eigenvalue weighted by Crippen LogP contribution is 2.21. The molecule has 2 aromatic rings. The number of halogens is 1. The fraction of sp³-hybridized carbons (Fsp3) is 0.125. The monoisotopic (exact) mass is 303 g/mol. The minimum Gasteiger partial charge on any atom is -0.484 e. The van der Waals surface area contributed by atoms with Crippen LogP contribution in [0.25, 0.3) is 0 Å². The maximum Gasteiger partial charge on any atom is 0.262 e. The van der Waals surface area contributed by atoms with Gasteiger partial charge in [0.25, 0.3) is 5.91 Å². The maximum atomic E-state index is 11.8. The Morgan fingerprint density at radius 1 is 1.14 bits per heavy atom. The molecule has 1 N–H and O–H groups in total. The predicted octanol–water partition coefficient (Wildman–Crippen LogP) is 3.56. The van der Waals surface area contributed by atoms with Gasteiger partial charge in [0.2, 0.25) is 0 Å². The molecule has 0 heterocycles. The zero-order chi connectivity index (χ0) is 15.2. The van der Waals surface area contributed by atoms with Crippen LogP contribution in [0.15, 0.2) is 48.5 Å². The molecule has 2 aromatic carbocycles. The van der Waals surface area contributed by atoms with Crippen molar-refractivity contribution >= 4 is 29.0 Å². The number of carbonyl (C=O) groups excluding carboxylic acids is 2. The molecule has 0 atom stereocenters. The Labute approximate surface area is 127 Å². The molecule has 0 saturated carbocycles. The third-order valence-electron chi connectivity index (χ3n) is 2.75. The average Bonchev–Trinajstić information content (AvgIpc) is 2.46. The Morgan fingerprint density at radius 3 is 2.48 bits per heavy atom. The third-order valence-corrected chi connectivity index (χ3v) is 3.06. The molecular formula is C16H14ClNO3. The Morgan fingerprint density at radius 2 is 1.86 bits per heavy atom. The lowest BCUT2D eigenvalue weighted by atomic mass is 10.1. The molecule has 4 nitrogen and oxygen atoms in total. The van der Waals surface area contributed by atoms with E-state index in [0.29, 0.717) is 22.0 Å². The number of ether oxygens (including phenoxy) is 1. The van der Waals surface area contributed by atoms with Gasteiger partial charge in [-0.2, -0.15) is 0 Å². The van der Waals surface area contributed by atoms with E-state index >= 15 is 0 Å². The second-order valence-electron chi connectivity index (χ2n) is 4.40. The SMILES string of the molecule is CC(=O)c1ccc(NC(=O)COc2ccccc2)cc1Cl. The van der Waals surface area contributed by atoms with Crippen LogP contribution in [0.5, 0.6) is 5.75 Å². The molecule has 0 spiro atoms. The molecule has 0 aromatic heterocycles. The summed E-state index contributed by atoms with van der Waals surface area (Å²) in [4.78, 5) is 23.0. The third kappa shape index (κ3) is 4.33. The van der Waals surface area contributed by atoms with Gasteiger partial charge in [-0.1, -0.05) is 29.8 Å². The minimum absolute atomic E-state index is 0.101. The van der Waals surface area contributed by atoms with Crippen LogP contribution in [0.1, 0.15) is 17.3 Å².